The van der Waals surface area contributed by atoms with Gasteiger partial charge in [-0.15, -0.1) is 0 Å². The van der Waals surface area contributed by atoms with Crippen molar-refractivity contribution in [3.05, 3.63) is 63.9 Å². The summed E-state index contributed by atoms with van der Waals surface area (Å²) in [5.74, 6) is -1.60. The van der Waals surface area contributed by atoms with E-state index < -0.39 is 11.6 Å². The number of hydrogen-bond donors (Lipinski definition) is 1. The molecule has 21 heavy (non-hydrogen) atoms. The Morgan fingerprint density at radius 1 is 1.24 bits per heavy atom. The third-order valence-electron chi connectivity index (χ3n) is 3.21. The van der Waals surface area contributed by atoms with Crippen LogP contribution in [0.1, 0.15) is 30.6 Å². The summed E-state index contributed by atoms with van der Waals surface area (Å²) in [6, 6.07) is 7.81. The van der Waals surface area contributed by atoms with E-state index in [4.69, 9.17) is 0 Å². The van der Waals surface area contributed by atoms with Gasteiger partial charge >= 0.3 is 0 Å². The number of halogens is 3. The maximum absolute atomic E-state index is 13.9. The molecular weight excluding hydrogens is 338 g/mol. The average Bonchev–Trinajstić information content (AvgIpc) is 2.48. The first-order valence-electron chi connectivity index (χ1n) is 6.90. The van der Waals surface area contributed by atoms with Gasteiger partial charge in [-0.05, 0) is 59.1 Å². The number of pyridine rings is 1. The molecule has 112 valence electrons. The predicted octanol–water partition coefficient (Wildman–Crippen LogP) is 4.41. The molecule has 0 radical (unpaired) electrons. The zero-order chi connectivity index (χ0) is 15.2. The summed E-state index contributed by atoms with van der Waals surface area (Å²) in [5, 5.41) is 3.34. The van der Waals surface area contributed by atoms with Gasteiger partial charge in [-0.1, -0.05) is 19.1 Å². The standard InChI is InChI=1S/C16H17BrF2N2/c1-2-8-20-14(16-12(17)6-4-9-21-16)10-11-5-3-7-13(18)15(11)19/h3-7,9,14,20H,2,8,10H2,1H3. The number of aromatic nitrogens is 1. The first-order chi connectivity index (χ1) is 10.1. The zero-order valence-corrected chi connectivity index (χ0v) is 13.3. The van der Waals surface area contributed by atoms with E-state index in [-0.39, 0.29) is 6.04 Å². The Morgan fingerprint density at radius 2 is 2.05 bits per heavy atom. The molecule has 0 saturated heterocycles. The van der Waals surface area contributed by atoms with Gasteiger partial charge in [0.05, 0.1) is 11.7 Å². The van der Waals surface area contributed by atoms with Gasteiger partial charge in [-0.3, -0.25) is 4.98 Å². The molecule has 0 fully saturated rings. The van der Waals surface area contributed by atoms with Crippen LogP contribution in [0.2, 0.25) is 0 Å². The van der Waals surface area contributed by atoms with Gasteiger partial charge in [0.25, 0.3) is 0 Å². The SMILES string of the molecule is CCCNC(Cc1cccc(F)c1F)c1ncccc1Br. The molecule has 1 heterocycles. The van der Waals surface area contributed by atoms with Gasteiger partial charge < -0.3 is 5.32 Å². The minimum atomic E-state index is -0.818. The van der Waals surface area contributed by atoms with E-state index in [9.17, 15) is 8.78 Å². The maximum Gasteiger partial charge on any atom is 0.162 e. The minimum Gasteiger partial charge on any atom is -0.308 e. The first kappa shape index (κ1) is 16.0. The predicted molar refractivity (Wildman–Crippen MR) is 83.0 cm³/mol. The van der Waals surface area contributed by atoms with Crippen molar-refractivity contribution in [2.75, 3.05) is 6.54 Å². The van der Waals surface area contributed by atoms with Crippen molar-refractivity contribution in [3.63, 3.8) is 0 Å². The van der Waals surface area contributed by atoms with Gasteiger partial charge in [0.15, 0.2) is 11.6 Å². The number of nitrogens with zero attached hydrogens (tertiary/aromatic N) is 1. The van der Waals surface area contributed by atoms with Crippen LogP contribution in [0.25, 0.3) is 0 Å². The zero-order valence-electron chi connectivity index (χ0n) is 11.7. The molecule has 2 nitrogen and oxygen atoms in total. The second-order valence-electron chi connectivity index (χ2n) is 4.79. The first-order valence-corrected chi connectivity index (χ1v) is 7.69. The lowest BCUT2D eigenvalue weighted by Gasteiger charge is -2.19. The third kappa shape index (κ3) is 4.08. The Kier molecular flexibility index (Phi) is 5.82. The normalized spacial score (nSPS) is 12.4. The molecule has 2 aromatic rings. The van der Waals surface area contributed by atoms with Crippen LogP contribution >= 0.6 is 15.9 Å². The van der Waals surface area contributed by atoms with Crippen LogP contribution in [0.5, 0.6) is 0 Å². The molecule has 1 aromatic carbocycles. The fourth-order valence-electron chi connectivity index (χ4n) is 2.16. The van der Waals surface area contributed by atoms with Crippen LogP contribution in [-0.2, 0) is 6.42 Å². The highest BCUT2D eigenvalue weighted by Gasteiger charge is 2.18. The van der Waals surface area contributed by atoms with Crippen LogP contribution in [0.3, 0.4) is 0 Å². The van der Waals surface area contributed by atoms with E-state index in [1.807, 2.05) is 12.1 Å². The van der Waals surface area contributed by atoms with Crippen LogP contribution in [0, 0.1) is 11.6 Å². The Morgan fingerprint density at radius 3 is 2.76 bits per heavy atom. The van der Waals surface area contributed by atoms with Gasteiger partial charge in [-0.2, -0.15) is 0 Å². The van der Waals surface area contributed by atoms with E-state index in [0.717, 1.165) is 29.2 Å². The summed E-state index contributed by atoms with van der Waals surface area (Å²) >= 11 is 3.46. The molecule has 1 aromatic heterocycles. The topological polar surface area (TPSA) is 24.9 Å². The number of hydrogen-bond acceptors (Lipinski definition) is 2. The summed E-state index contributed by atoms with van der Waals surface area (Å²) in [6.45, 7) is 2.84. The monoisotopic (exact) mass is 354 g/mol. The Labute approximate surface area is 131 Å². The number of nitrogens with one attached hydrogen (secondary N) is 1. The maximum atomic E-state index is 13.9. The second-order valence-corrected chi connectivity index (χ2v) is 5.65. The smallest absolute Gasteiger partial charge is 0.162 e. The molecule has 0 aliphatic heterocycles. The van der Waals surface area contributed by atoms with Crippen molar-refractivity contribution >= 4 is 15.9 Å². The molecule has 1 N–H and O–H groups in total. The highest BCUT2D eigenvalue weighted by Crippen LogP contribution is 2.25. The van der Waals surface area contributed by atoms with Crippen LogP contribution < -0.4 is 5.32 Å². The van der Waals surface area contributed by atoms with Crippen LogP contribution in [0.4, 0.5) is 8.78 Å². The molecule has 0 saturated carbocycles. The minimum absolute atomic E-state index is 0.170. The van der Waals surface area contributed by atoms with Gasteiger partial charge in [0.2, 0.25) is 0 Å². The van der Waals surface area contributed by atoms with Crippen LogP contribution in [-0.4, -0.2) is 11.5 Å². The number of rotatable bonds is 6. The summed E-state index contributed by atoms with van der Waals surface area (Å²) in [4.78, 5) is 4.35. The van der Waals surface area contributed by atoms with Gasteiger partial charge in [-0.25, -0.2) is 8.78 Å². The summed E-state index contributed by atoms with van der Waals surface area (Å²) < 4.78 is 28.1. The summed E-state index contributed by atoms with van der Waals surface area (Å²) in [5.41, 5.74) is 1.15. The van der Waals surface area contributed by atoms with Crippen LogP contribution in [0.15, 0.2) is 41.0 Å². The Hall–Kier alpha value is -1.33. The fourth-order valence-corrected chi connectivity index (χ4v) is 2.70. The average molecular weight is 355 g/mol. The molecule has 0 aliphatic carbocycles. The molecule has 0 spiro atoms. The van der Waals surface area contributed by atoms with Crippen molar-refractivity contribution < 1.29 is 8.78 Å². The highest BCUT2D eigenvalue weighted by atomic mass is 79.9. The quantitative estimate of drug-likeness (QED) is 0.831. The highest BCUT2D eigenvalue weighted by molar-refractivity contribution is 9.10. The molecule has 1 atom stereocenters. The van der Waals surface area contributed by atoms with Crippen molar-refractivity contribution in [1.82, 2.24) is 10.3 Å². The number of benzene rings is 1. The fraction of sp³-hybridized carbons (Fsp3) is 0.312. The summed E-state index contributed by atoms with van der Waals surface area (Å²) in [6.07, 6.45) is 2.99. The van der Waals surface area contributed by atoms with E-state index in [0.29, 0.717) is 12.0 Å². The van der Waals surface area contributed by atoms with E-state index in [2.05, 4.69) is 33.2 Å². The van der Waals surface area contributed by atoms with Crippen molar-refractivity contribution in [2.45, 2.75) is 25.8 Å². The van der Waals surface area contributed by atoms with Crippen molar-refractivity contribution in [2.24, 2.45) is 0 Å². The van der Waals surface area contributed by atoms with E-state index >= 15 is 0 Å². The van der Waals surface area contributed by atoms with Gasteiger partial charge in [0.1, 0.15) is 0 Å². The lowest BCUT2D eigenvalue weighted by atomic mass is 10.0. The van der Waals surface area contributed by atoms with E-state index in [1.165, 1.54) is 6.07 Å². The van der Waals surface area contributed by atoms with Crippen molar-refractivity contribution in [1.29, 1.82) is 0 Å². The molecule has 0 amide bonds. The van der Waals surface area contributed by atoms with Gasteiger partial charge in [0, 0.05) is 10.7 Å². The summed E-state index contributed by atoms with van der Waals surface area (Å²) in [7, 11) is 0. The molecule has 2 rings (SSSR count). The molecule has 0 bridgehead atoms. The molecule has 0 aliphatic rings. The lowest BCUT2D eigenvalue weighted by molar-refractivity contribution is 0.472. The Bertz CT molecular complexity index is 605. The van der Waals surface area contributed by atoms with Crippen molar-refractivity contribution in [3.8, 4) is 0 Å². The lowest BCUT2D eigenvalue weighted by Crippen LogP contribution is -2.25. The second kappa shape index (κ2) is 7.61. The molecular formula is C16H17BrF2N2. The molecule has 1 unspecified atom stereocenters. The molecule has 5 heteroatoms. The third-order valence-corrected chi connectivity index (χ3v) is 3.88. The largest absolute Gasteiger partial charge is 0.308 e. The Balaban J connectivity index is 2.28. The van der Waals surface area contributed by atoms with E-state index in [1.54, 1.807) is 12.3 Å².